The Morgan fingerprint density at radius 2 is 0.630 bits per heavy atom. The number of fused-ring (bicyclic) bond motifs is 5. The van der Waals surface area contributed by atoms with E-state index < -0.39 is 28.0 Å². The Kier molecular flexibility index (Phi) is 31.4. The van der Waals surface area contributed by atoms with Crippen molar-refractivity contribution in [2.75, 3.05) is 0 Å². The molecule has 100 heavy (non-hydrogen) atoms. The zero-order chi connectivity index (χ0) is 74.8. The maximum Gasteiger partial charge on any atom is 0.0594 e. The molecule has 10 rings (SSSR count). The summed E-state index contributed by atoms with van der Waals surface area (Å²) >= 11 is 0. The zero-order valence-electron chi connectivity index (χ0n) is 68.2. The van der Waals surface area contributed by atoms with Gasteiger partial charge in [-0.3, -0.25) is 0 Å². The van der Waals surface area contributed by atoms with Gasteiger partial charge in [-0.15, -0.1) is 0 Å². The molecule has 0 heterocycles. The largest absolute Gasteiger partial charge is 0.393 e. The van der Waals surface area contributed by atoms with Crippen molar-refractivity contribution in [1.29, 1.82) is 0 Å². The average Bonchev–Trinajstić information content (AvgIpc) is 1.55. The molecule has 0 bridgehead atoms. The van der Waals surface area contributed by atoms with Gasteiger partial charge in [-0.1, -0.05) is 112 Å². The third-order valence-corrected chi connectivity index (χ3v) is 29.0. The lowest BCUT2D eigenvalue weighted by molar-refractivity contribution is -0.0116. The van der Waals surface area contributed by atoms with Gasteiger partial charge in [0.25, 0.3) is 0 Å². The maximum absolute atomic E-state index is 10.3. The first-order valence-corrected chi connectivity index (χ1v) is 41.6. The number of aliphatic hydroxyl groups excluding tert-OH is 5. The van der Waals surface area contributed by atoms with E-state index in [0.29, 0.717) is 58.2 Å². The van der Waals surface area contributed by atoms with E-state index in [0.717, 1.165) is 154 Å². The summed E-state index contributed by atoms with van der Waals surface area (Å²) < 4.78 is 0. The number of rotatable bonds is 21. The van der Waals surface area contributed by atoms with E-state index in [1.165, 1.54) is 118 Å². The van der Waals surface area contributed by atoms with Crippen LogP contribution >= 0.6 is 0 Å². The fraction of sp³-hybridized carbons (Fsp3) is 0.889. The van der Waals surface area contributed by atoms with Crippen LogP contribution in [0.1, 0.15) is 376 Å². The fourth-order valence-corrected chi connectivity index (χ4v) is 23.3. The van der Waals surface area contributed by atoms with Crippen molar-refractivity contribution in [3.8, 4) is 0 Å². The van der Waals surface area contributed by atoms with Crippen molar-refractivity contribution in [2.24, 2.45) is 74.4 Å². The highest BCUT2D eigenvalue weighted by molar-refractivity contribution is 5.29. The van der Waals surface area contributed by atoms with Gasteiger partial charge in [-0.2, -0.15) is 0 Å². The minimum atomic E-state index is -0.570. The quantitative estimate of drug-likeness (QED) is 0.0493. The Morgan fingerprint density at radius 3 is 0.940 bits per heavy atom. The highest BCUT2D eigenvalue weighted by atomic mass is 16.3. The predicted octanol–water partition coefficient (Wildman–Crippen LogP) is 20.6. The van der Waals surface area contributed by atoms with E-state index in [1.807, 2.05) is 69.2 Å². The first-order chi connectivity index (χ1) is 46.2. The van der Waals surface area contributed by atoms with Gasteiger partial charge in [0.15, 0.2) is 0 Å². The molecule has 10 N–H and O–H groups in total. The van der Waals surface area contributed by atoms with Crippen LogP contribution in [-0.4, -0.2) is 110 Å². The van der Waals surface area contributed by atoms with E-state index in [2.05, 4.69) is 81.0 Å². The molecule has 10 aliphatic carbocycles. The van der Waals surface area contributed by atoms with Crippen LogP contribution in [0.3, 0.4) is 0 Å². The molecule has 10 fully saturated rings. The van der Waals surface area contributed by atoms with Crippen LogP contribution in [0, 0.1) is 74.4 Å². The number of aliphatic hydroxyl groups is 10. The molecule has 0 radical (unpaired) electrons. The fourth-order valence-electron chi connectivity index (χ4n) is 23.3. The molecule has 0 unspecified atom stereocenters. The van der Waals surface area contributed by atoms with Gasteiger partial charge >= 0.3 is 0 Å². The van der Waals surface area contributed by atoms with E-state index in [9.17, 15) is 51.1 Å². The van der Waals surface area contributed by atoms with Gasteiger partial charge in [0.1, 0.15) is 0 Å². The van der Waals surface area contributed by atoms with E-state index >= 15 is 0 Å². The Balaban J connectivity index is 0.000000197. The van der Waals surface area contributed by atoms with Crippen LogP contribution in [0.2, 0.25) is 0 Å². The van der Waals surface area contributed by atoms with Crippen LogP contribution < -0.4 is 0 Å². The molecule has 0 amide bonds. The lowest BCUT2D eigenvalue weighted by Crippen LogP contribution is -2.40. The Hall–Kier alpha value is -1.70. The van der Waals surface area contributed by atoms with E-state index in [1.54, 1.807) is 11.1 Å². The molecule has 10 aliphatic rings. The highest BCUT2D eigenvalue weighted by Crippen LogP contribution is 2.62. The number of hydrogen-bond acceptors (Lipinski definition) is 10. The number of hydrogen-bond donors (Lipinski definition) is 10. The molecule has 18 atom stereocenters. The molecule has 0 aromatic heterocycles. The van der Waals surface area contributed by atoms with Crippen molar-refractivity contribution in [2.45, 2.75) is 434 Å². The highest BCUT2D eigenvalue weighted by Gasteiger charge is 2.55. The second kappa shape index (κ2) is 36.0. The van der Waals surface area contributed by atoms with Crippen molar-refractivity contribution < 1.29 is 51.1 Å². The molecule has 10 heteroatoms. The van der Waals surface area contributed by atoms with Gasteiger partial charge in [-0.25, -0.2) is 0 Å². The lowest BCUT2D eigenvalue weighted by Gasteiger charge is -2.44. The van der Waals surface area contributed by atoms with E-state index in [-0.39, 0.29) is 46.8 Å². The van der Waals surface area contributed by atoms with Crippen molar-refractivity contribution in [3.05, 3.63) is 57.7 Å². The standard InChI is InChI=1S/5C18H32O2/c5*1-13(7-5-11-17(2,3)20)14-9-10-15-16(19)8-6-12-18(14,15)4/h2*15-16,19-20H,5-12H2,1-4H3;2*7,14-16,19-20H,5-6,8-12H2,1-4H3;14-16,19-20H,1,5-12H2,2-4H3/b14-13+;14-13-;13-7+;13-7-;/t2*15-,16-,18+;3*14-,15+,16+,18-/m00111/s1. The van der Waals surface area contributed by atoms with Crippen molar-refractivity contribution in [1.82, 2.24) is 0 Å². The SMILES string of the molecule is C/C(=C/CCC(C)(C)O)[C@H]1CC[C@H]2[C@@H](O)CCC[C@]12C.C/C(=C\CCC(C)(C)O)[C@H]1CC[C@H]2[C@@H](O)CCC[C@]12C.C/C(CCCC(C)(C)O)=C1/CC[C@H]2[C@@H](O)CCC[C@]12C.C/C(CCCC(C)(C)O)=C1\CC[C@H]2[C@@H](O)CCC[C@]12C.C=C(CCCC(C)(C)O)[C@H]1CC[C@H]2[C@@H](O)CCC[C@]12C. The summed E-state index contributed by atoms with van der Waals surface area (Å²) in [6.45, 7) is 44.1. The molecule has 0 aromatic rings. The normalized spacial score (nSPS) is 37.9. The topological polar surface area (TPSA) is 202 Å². The summed E-state index contributed by atoms with van der Waals surface area (Å²) in [5.41, 5.74) is 9.16. The molecule has 0 saturated heterocycles. The Morgan fingerprint density at radius 1 is 0.360 bits per heavy atom. The number of allylic oxidation sites excluding steroid dienone is 9. The van der Waals surface area contributed by atoms with E-state index in [4.69, 9.17) is 0 Å². The summed E-state index contributed by atoms with van der Waals surface area (Å²) in [6, 6.07) is 0. The Bertz CT molecular complexity index is 2540. The van der Waals surface area contributed by atoms with Crippen LogP contribution in [0.4, 0.5) is 0 Å². The minimum Gasteiger partial charge on any atom is -0.393 e. The molecule has 0 spiro atoms. The van der Waals surface area contributed by atoms with Gasteiger partial charge in [0.05, 0.1) is 58.5 Å². The van der Waals surface area contributed by atoms with Crippen molar-refractivity contribution >= 4 is 0 Å². The first-order valence-electron chi connectivity index (χ1n) is 41.6. The second-order valence-corrected chi connectivity index (χ2v) is 39.9. The zero-order valence-corrected chi connectivity index (χ0v) is 68.2. The predicted molar refractivity (Wildman–Crippen MR) is 417 cm³/mol. The smallest absolute Gasteiger partial charge is 0.0594 e. The molecule has 10 nitrogen and oxygen atoms in total. The van der Waals surface area contributed by atoms with Crippen LogP contribution in [0.15, 0.2) is 57.7 Å². The summed E-state index contributed by atoms with van der Waals surface area (Å²) in [5, 5.41) is 100. The lowest BCUT2D eigenvalue weighted by atomic mass is 9.62. The Labute approximate surface area is 614 Å². The first kappa shape index (κ1) is 87.2. The third kappa shape index (κ3) is 23.4. The minimum absolute atomic E-state index is 0.0806. The van der Waals surface area contributed by atoms with Gasteiger partial charge in [0.2, 0.25) is 0 Å². The summed E-state index contributed by atoms with van der Waals surface area (Å²) in [4.78, 5) is 0. The maximum atomic E-state index is 10.3. The molecular weight excluding hydrogens is 1240 g/mol. The van der Waals surface area contributed by atoms with Gasteiger partial charge < -0.3 is 51.1 Å². The van der Waals surface area contributed by atoms with Crippen molar-refractivity contribution in [3.63, 3.8) is 0 Å². The average molecular weight is 1400 g/mol. The van der Waals surface area contributed by atoms with Gasteiger partial charge in [0, 0.05) is 0 Å². The summed E-state index contributed by atoms with van der Waals surface area (Å²) in [5.74, 6) is 4.27. The third-order valence-electron chi connectivity index (χ3n) is 29.0. The van der Waals surface area contributed by atoms with Crippen LogP contribution in [0.5, 0.6) is 0 Å². The monoisotopic (exact) mass is 1400 g/mol. The summed E-state index contributed by atoms with van der Waals surface area (Å²) in [7, 11) is 0. The van der Waals surface area contributed by atoms with Crippen LogP contribution in [-0.2, 0) is 0 Å². The molecule has 0 aromatic carbocycles. The molecule has 0 aliphatic heterocycles. The molecule has 580 valence electrons. The second-order valence-electron chi connectivity index (χ2n) is 39.9. The molecular formula is C90H160O10. The van der Waals surface area contributed by atoms with Gasteiger partial charge in [-0.05, 0) is 396 Å². The summed E-state index contributed by atoms with van der Waals surface area (Å²) in [6.07, 6.45) is 45.5. The van der Waals surface area contributed by atoms with Crippen LogP contribution in [0.25, 0.3) is 0 Å². The molecule has 10 saturated carbocycles.